The van der Waals surface area contributed by atoms with Crippen LogP contribution < -0.4 is 0 Å². The van der Waals surface area contributed by atoms with Gasteiger partial charge in [0.2, 0.25) is 0 Å². The SMILES string of the molecule is C#CC1CCC(C(=O)O)N1C(=O)C(F)(F)F. The predicted octanol–water partition coefficient (Wildman–Crippen LogP) is 0.626. The topological polar surface area (TPSA) is 57.6 Å². The third-order valence-electron chi connectivity index (χ3n) is 2.34. The molecule has 0 aromatic carbocycles. The minimum Gasteiger partial charge on any atom is -0.480 e. The number of hydrogen-bond acceptors (Lipinski definition) is 2. The van der Waals surface area contributed by atoms with Gasteiger partial charge in [-0.2, -0.15) is 13.2 Å². The van der Waals surface area contributed by atoms with E-state index in [1.165, 1.54) is 0 Å². The Morgan fingerprint density at radius 3 is 2.31 bits per heavy atom. The van der Waals surface area contributed by atoms with Gasteiger partial charge in [-0.3, -0.25) is 4.79 Å². The number of likely N-dealkylation sites (tertiary alicyclic amines) is 1. The number of carbonyl (C=O) groups excluding carboxylic acids is 1. The molecule has 0 aromatic rings. The van der Waals surface area contributed by atoms with Crippen LogP contribution in [0.4, 0.5) is 13.2 Å². The number of halogens is 3. The van der Waals surface area contributed by atoms with Gasteiger partial charge in [0.1, 0.15) is 6.04 Å². The van der Waals surface area contributed by atoms with Crippen molar-refractivity contribution in [1.29, 1.82) is 0 Å². The fraction of sp³-hybridized carbons (Fsp3) is 0.556. The van der Waals surface area contributed by atoms with Crippen LogP contribution in [0.2, 0.25) is 0 Å². The number of carboxylic acid groups (broad SMARTS) is 1. The lowest BCUT2D eigenvalue weighted by atomic mass is 10.2. The molecular formula is C9H8F3NO3. The monoisotopic (exact) mass is 235 g/mol. The minimum atomic E-state index is -5.10. The van der Waals surface area contributed by atoms with Gasteiger partial charge >= 0.3 is 18.1 Å². The highest BCUT2D eigenvalue weighted by Crippen LogP contribution is 2.29. The summed E-state index contributed by atoms with van der Waals surface area (Å²) in [6.07, 6.45) is -0.139. The number of hydrogen-bond donors (Lipinski definition) is 1. The first-order valence-electron chi connectivity index (χ1n) is 4.37. The molecule has 1 fully saturated rings. The lowest BCUT2D eigenvalue weighted by Crippen LogP contribution is -2.50. The van der Waals surface area contributed by atoms with Crippen LogP contribution in [0.3, 0.4) is 0 Å². The second-order valence-electron chi connectivity index (χ2n) is 3.32. The van der Waals surface area contributed by atoms with Gasteiger partial charge in [-0.1, -0.05) is 5.92 Å². The van der Waals surface area contributed by atoms with Crippen molar-refractivity contribution >= 4 is 11.9 Å². The number of carboxylic acids is 1. The van der Waals surface area contributed by atoms with Gasteiger partial charge in [-0.15, -0.1) is 6.42 Å². The average molecular weight is 235 g/mol. The molecule has 1 aliphatic rings. The lowest BCUT2D eigenvalue weighted by molar-refractivity contribution is -0.189. The largest absolute Gasteiger partial charge is 0.480 e. The van der Waals surface area contributed by atoms with Gasteiger partial charge in [0.15, 0.2) is 0 Å². The molecule has 1 N–H and O–H groups in total. The number of rotatable bonds is 1. The van der Waals surface area contributed by atoms with Gasteiger partial charge in [-0.05, 0) is 12.8 Å². The van der Waals surface area contributed by atoms with E-state index in [0.29, 0.717) is 0 Å². The summed E-state index contributed by atoms with van der Waals surface area (Å²) >= 11 is 0. The highest BCUT2D eigenvalue weighted by molar-refractivity contribution is 5.88. The van der Waals surface area contributed by atoms with Crippen molar-refractivity contribution in [3.63, 3.8) is 0 Å². The number of carbonyl (C=O) groups is 2. The molecule has 0 aromatic heterocycles. The van der Waals surface area contributed by atoms with Crippen LogP contribution in [0.1, 0.15) is 12.8 Å². The molecule has 0 bridgehead atoms. The quantitative estimate of drug-likeness (QED) is 0.678. The standard InChI is InChI=1S/C9H8F3NO3/c1-2-5-3-4-6(7(14)15)13(5)8(16)9(10,11)12/h1,5-6H,3-4H2,(H,14,15). The number of amides is 1. The Morgan fingerprint density at radius 1 is 1.38 bits per heavy atom. The van der Waals surface area contributed by atoms with E-state index in [-0.39, 0.29) is 17.7 Å². The van der Waals surface area contributed by atoms with E-state index in [9.17, 15) is 22.8 Å². The second kappa shape index (κ2) is 4.04. The zero-order valence-electron chi connectivity index (χ0n) is 7.99. The maximum absolute atomic E-state index is 12.2. The van der Waals surface area contributed by atoms with E-state index >= 15 is 0 Å². The highest BCUT2D eigenvalue weighted by Gasteiger charge is 2.50. The van der Waals surface area contributed by atoms with Crippen LogP contribution >= 0.6 is 0 Å². The first-order chi connectivity index (χ1) is 7.29. The number of aliphatic carboxylic acids is 1. The molecule has 16 heavy (non-hydrogen) atoms. The Kier molecular flexibility index (Phi) is 3.12. The fourth-order valence-corrected chi connectivity index (χ4v) is 1.65. The molecule has 0 aliphatic carbocycles. The van der Waals surface area contributed by atoms with Crippen LogP contribution in [-0.4, -0.2) is 40.1 Å². The summed E-state index contributed by atoms with van der Waals surface area (Å²) in [7, 11) is 0. The lowest BCUT2D eigenvalue weighted by Gasteiger charge is -2.25. The number of terminal acetylenes is 1. The summed E-state index contributed by atoms with van der Waals surface area (Å²) in [6, 6.07) is -2.59. The second-order valence-corrected chi connectivity index (χ2v) is 3.32. The fourth-order valence-electron chi connectivity index (χ4n) is 1.65. The van der Waals surface area contributed by atoms with E-state index < -0.39 is 30.1 Å². The molecule has 7 heteroatoms. The number of alkyl halides is 3. The summed E-state index contributed by atoms with van der Waals surface area (Å²) in [5.74, 6) is -1.68. The predicted molar refractivity (Wildman–Crippen MR) is 46.2 cm³/mol. The van der Waals surface area contributed by atoms with E-state index in [4.69, 9.17) is 11.5 Å². The van der Waals surface area contributed by atoms with Crippen molar-refractivity contribution in [2.24, 2.45) is 0 Å². The average Bonchev–Trinajstić information content (AvgIpc) is 2.57. The van der Waals surface area contributed by atoms with Gasteiger partial charge in [0, 0.05) is 0 Å². The Labute approximate surface area is 89.0 Å². The molecular weight excluding hydrogens is 227 g/mol. The molecule has 1 amide bonds. The highest BCUT2D eigenvalue weighted by atomic mass is 19.4. The van der Waals surface area contributed by atoms with Crippen LogP contribution in [0.15, 0.2) is 0 Å². The van der Waals surface area contributed by atoms with Crippen LogP contribution in [0.5, 0.6) is 0 Å². The minimum absolute atomic E-state index is 0.0635. The van der Waals surface area contributed by atoms with Crippen molar-refractivity contribution in [1.82, 2.24) is 4.90 Å². The first kappa shape index (κ1) is 12.4. The Morgan fingerprint density at radius 2 is 1.94 bits per heavy atom. The molecule has 1 saturated heterocycles. The van der Waals surface area contributed by atoms with Crippen molar-refractivity contribution < 1.29 is 27.9 Å². The molecule has 2 unspecified atom stereocenters. The molecule has 1 rings (SSSR count). The Hall–Kier alpha value is -1.71. The summed E-state index contributed by atoms with van der Waals surface area (Å²) in [5.41, 5.74) is 0. The van der Waals surface area contributed by atoms with Crippen LogP contribution in [-0.2, 0) is 9.59 Å². The Bertz CT molecular complexity index is 358. The van der Waals surface area contributed by atoms with E-state index in [1.54, 1.807) is 0 Å². The summed E-state index contributed by atoms with van der Waals surface area (Å²) in [4.78, 5) is 21.9. The molecule has 1 aliphatic heterocycles. The molecule has 88 valence electrons. The zero-order valence-corrected chi connectivity index (χ0v) is 7.99. The van der Waals surface area contributed by atoms with Crippen molar-refractivity contribution in [3.05, 3.63) is 0 Å². The van der Waals surface area contributed by atoms with Gasteiger partial charge in [0.05, 0.1) is 6.04 Å². The third kappa shape index (κ3) is 2.10. The summed E-state index contributed by atoms with van der Waals surface area (Å²) in [5, 5.41) is 8.68. The van der Waals surface area contributed by atoms with E-state index in [1.807, 2.05) is 5.92 Å². The van der Waals surface area contributed by atoms with Gasteiger partial charge in [-0.25, -0.2) is 4.79 Å². The smallest absolute Gasteiger partial charge is 0.471 e. The van der Waals surface area contributed by atoms with Gasteiger partial charge < -0.3 is 10.0 Å². The summed E-state index contributed by atoms with van der Waals surface area (Å²) < 4.78 is 36.6. The third-order valence-corrected chi connectivity index (χ3v) is 2.34. The van der Waals surface area contributed by atoms with E-state index in [0.717, 1.165) is 0 Å². The zero-order chi connectivity index (χ0) is 12.5. The van der Waals surface area contributed by atoms with Crippen molar-refractivity contribution in [2.45, 2.75) is 31.1 Å². The number of nitrogens with zero attached hydrogens (tertiary/aromatic N) is 1. The van der Waals surface area contributed by atoms with E-state index in [2.05, 4.69) is 0 Å². The van der Waals surface area contributed by atoms with Crippen LogP contribution in [0.25, 0.3) is 0 Å². The molecule has 1 heterocycles. The normalized spacial score (nSPS) is 25.2. The Balaban J connectivity index is 3.00. The molecule has 0 radical (unpaired) electrons. The first-order valence-corrected chi connectivity index (χ1v) is 4.37. The van der Waals surface area contributed by atoms with Crippen molar-refractivity contribution in [2.75, 3.05) is 0 Å². The molecule has 0 saturated carbocycles. The van der Waals surface area contributed by atoms with Crippen molar-refractivity contribution in [3.8, 4) is 12.3 Å². The molecule has 2 atom stereocenters. The maximum atomic E-state index is 12.2. The molecule has 0 spiro atoms. The van der Waals surface area contributed by atoms with Crippen LogP contribution in [0, 0.1) is 12.3 Å². The maximum Gasteiger partial charge on any atom is 0.471 e. The van der Waals surface area contributed by atoms with Gasteiger partial charge in [0.25, 0.3) is 0 Å². The summed E-state index contributed by atoms with van der Waals surface area (Å²) in [6.45, 7) is 0. The molecule has 4 nitrogen and oxygen atoms in total.